The van der Waals surface area contributed by atoms with Crippen molar-refractivity contribution < 1.29 is 24.1 Å². The van der Waals surface area contributed by atoms with Crippen LogP contribution in [0.15, 0.2) is 48.5 Å². The van der Waals surface area contributed by atoms with Gasteiger partial charge in [-0.25, -0.2) is 0 Å². The summed E-state index contributed by atoms with van der Waals surface area (Å²) in [4.78, 5) is 12.0. The molecule has 1 aliphatic heterocycles. The van der Waals surface area contributed by atoms with Crippen molar-refractivity contribution in [2.24, 2.45) is 0 Å². The summed E-state index contributed by atoms with van der Waals surface area (Å²) in [5.74, 6) is -0.301. The van der Waals surface area contributed by atoms with Crippen molar-refractivity contribution in [3.05, 3.63) is 59.7 Å². The first kappa shape index (κ1) is 18.5. The van der Waals surface area contributed by atoms with Crippen LogP contribution in [0.5, 0.6) is 5.75 Å². The van der Waals surface area contributed by atoms with Gasteiger partial charge in [-0.1, -0.05) is 35.2 Å². The third kappa shape index (κ3) is 4.09. The van der Waals surface area contributed by atoms with Gasteiger partial charge in [0.2, 0.25) is 0 Å². The molecule has 0 saturated carbocycles. The molecule has 1 aliphatic rings. The van der Waals surface area contributed by atoms with Gasteiger partial charge in [0.05, 0.1) is 6.54 Å². The van der Waals surface area contributed by atoms with E-state index in [0.717, 1.165) is 9.87 Å². The summed E-state index contributed by atoms with van der Waals surface area (Å²) >= 11 is 0. The molecule has 9 heteroatoms. The molecule has 26 heavy (non-hydrogen) atoms. The van der Waals surface area contributed by atoms with Crippen molar-refractivity contribution in [2.45, 2.75) is 12.6 Å². The van der Waals surface area contributed by atoms with Gasteiger partial charge in [-0.05, 0) is 36.2 Å². The van der Waals surface area contributed by atoms with Crippen LogP contribution >= 0.6 is 11.0 Å². The predicted molar refractivity (Wildman–Crippen MR) is 99.9 cm³/mol. The molecule has 140 valence electrons. The van der Waals surface area contributed by atoms with Crippen molar-refractivity contribution in [1.29, 1.82) is 0 Å². The van der Waals surface area contributed by atoms with Crippen molar-refractivity contribution in [3.63, 3.8) is 0 Å². The Bertz CT molecular complexity index is 787. The van der Waals surface area contributed by atoms with Gasteiger partial charge in [0.25, 0.3) is 5.91 Å². The number of phenols is 1. The average Bonchev–Trinajstić information content (AvgIpc) is 2.88. The maximum atomic E-state index is 12.0. The van der Waals surface area contributed by atoms with Crippen LogP contribution in [0.25, 0.3) is 0 Å². The third-order valence-electron chi connectivity index (χ3n) is 3.98. The van der Waals surface area contributed by atoms with Crippen LogP contribution in [0.1, 0.15) is 15.9 Å². The molecule has 0 aliphatic carbocycles. The number of hydrogen-bond acceptors (Lipinski definition) is 7. The molecule has 0 spiro atoms. The molecule has 8 nitrogen and oxygen atoms in total. The molecule has 1 atom stereocenters. The van der Waals surface area contributed by atoms with Crippen LogP contribution in [-0.4, -0.2) is 44.5 Å². The number of carbonyl (C=O) groups excluding carboxylic acids is 1. The second kappa shape index (κ2) is 7.52. The minimum atomic E-state index is -3.37. The third-order valence-corrected chi connectivity index (χ3v) is 5.53. The molecule has 2 aromatic carbocycles. The largest absolute Gasteiger partial charge is 0.506 e. The van der Waals surface area contributed by atoms with E-state index in [-0.39, 0.29) is 23.9 Å². The zero-order valence-corrected chi connectivity index (χ0v) is 14.7. The Morgan fingerprint density at radius 2 is 1.96 bits per heavy atom. The standard InChI is InChI=1S/C17H21N3O5S/c21-15-10-12(8-9-18-17(23)13-4-2-1-3-5-13)6-7-14(15)20-11-16(22)19-26(20,24)25/h1-7,10,16,19,21-22,24-25H,8-9,11H2,(H,18,23). The summed E-state index contributed by atoms with van der Waals surface area (Å²) in [5.41, 5.74) is 1.57. The minimum absolute atomic E-state index is 0.0532. The Hall–Kier alpha value is -2.30. The van der Waals surface area contributed by atoms with E-state index < -0.39 is 17.2 Å². The lowest BCUT2D eigenvalue weighted by Gasteiger charge is -2.36. The fourth-order valence-corrected chi connectivity index (χ4v) is 4.07. The van der Waals surface area contributed by atoms with Crippen molar-refractivity contribution in [1.82, 2.24) is 10.0 Å². The van der Waals surface area contributed by atoms with Crippen LogP contribution in [-0.2, 0) is 6.42 Å². The molecule has 1 amide bonds. The number of β-amino-alcohol motifs (C(OH)–C–C–N with tert-alkyl or cyclic N) is 1. The Balaban J connectivity index is 1.61. The molecule has 0 bridgehead atoms. The normalized spacial score (nSPS) is 20.0. The lowest BCUT2D eigenvalue weighted by Crippen LogP contribution is -2.26. The highest BCUT2D eigenvalue weighted by Gasteiger charge is 2.36. The van der Waals surface area contributed by atoms with Gasteiger partial charge in [0.15, 0.2) is 0 Å². The van der Waals surface area contributed by atoms with Gasteiger partial charge >= 0.3 is 0 Å². The van der Waals surface area contributed by atoms with E-state index in [1.54, 1.807) is 36.4 Å². The molecule has 0 radical (unpaired) electrons. The SMILES string of the molecule is O=C(NCCc1ccc(N2CC(O)NS2(O)O)c(O)c1)c1ccccc1. The summed E-state index contributed by atoms with van der Waals surface area (Å²) in [6.07, 6.45) is -0.587. The zero-order valence-electron chi connectivity index (χ0n) is 13.9. The Kier molecular flexibility index (Phi) is 5.35. The number of carbonyl (C=O) groups is 1. The first-order valence-electron chi connectivity index (χ1n) is 8.03. The lowest BCUT2D eigenvalue weighted by molar-refractivity contribution is 0.0954. The second-order valence-corrected chi connectivity index (χ2v) is 7.62. The summed E-state index contributed by atoms with van der Waals surface area (Å²) in [7, 11) is -3.37. The van der Waals surface area contributed by atoms with Gasteiger partial charge in [0, 0.05) is 12.1 Å². The van der Waals surface area contributed by atoms with E-state index in [1.807, 2.05) is 6.07 Å². The van der Waals surface area contributed by atoms with E-state index in [9.17, 15) is 24.1 Å². The molecule has 6 N–H and O–H groups in total. The van der Waals surface area contributed by atoms with Gasteiger partial charge in [-0.3, -0.25) is 18.2 Å². The Morgan fingerprint density at radius 1 is 1.23 bits per heavy atom. The molecule has 1 saturated heterocycles. The number of nitrogens with zero attached hydrogens (tertiary/aromatic N) is 1. The van der Waals surface area contributed by atoms with Crippen LogP contribution in [0, 0.1) is 0 Å². The number of phenolic OH excluding ortho intramolecular Hbond substituents is 1. The summed E-state index contributed by atoms with van der Waals surface area (Å²) < 4.78 is 23.2. The number of aromatic hydroxyl groups is 1. The zero-order chi connectivity index (χ0) is 18.7. The highest BCUT2D eigenvalue weighted by atomic mass is 32.3. The van der Waals surface area contributed by atoms with Gasteiger partial charge < -0.3 is 15.5 Å². The second-order valence-electron chi connectivity index (χ2n) is 5.91. The molecular formula is C17H21N3O5S. The molecule has 1 heterocycles. The fraction of sp³-hybridized carbons (Fsp3) is 0.235. The molecule has 3 rings (SSSR count). The first-order valence-corrected chi connectivity index (χ1v) is 9.53. The number of nitrogens with one attached hydrogen (secondary N) is 2. The molecule has 1 unspecified atom stereocenters. The number of benzene rings is 2. The van der Waals surface area contributed by atoms with E-state index >= 15 is 0 Å². The Morgan fingerprint density at radius 3 is 2.58 bits per heavy atom. The van der Waals surface area contributed by atoms with Crippen LogP contribution in [0.4, 0.5) is 5.69 Å². The average molecular weight is 379 g/mol. The van der Waals surface area contributed by atoms with Crippen LogP contribution in [0.3, 0.4) is 0 Å². The fourth-order valence-electron chi connectivity index (χ4n) is 2.73. The summed E-state index contributed by atoms with van der Waals surface area (Å²) in [6.45, 7) is 0.341. The number of aliphatic hydroxyl groups excluding tert-OH is 1. The molecular weight excluding hydrogens is 358 g/mol. The van der Waals surface area contributed by atoms with E-state index in [2.05, 4.69) is 10.0 Å². The van der Waals surface area contributed by atoms with Crippen LogP contribution < -0.4 is 14.3 Å². The van der Waals surface area contributed by atoms with E-state index in [1.165, 1.54) is 6.07 Å². The van der Waals surface area contributed by atoms with Crippen molar-refractivity contribution in [3.8, 4) is 5.75 Å². The molecule has 0 aromatic heterocycles. The van der Waals surface area contributed by atoms with Crippen molar-refractivity contribution >= 4 is 22.6 Å². The number of rotatable bonds is 5. The van der Waals surface area contributed by atoms with E-state index in [0.29, 0.717) is 18.5 Å². The van der Waals surface area contributed by atoms with Crippen molar-refractivity contribution in [2.75, 3.05) is 17.4 Å². The van der Waals surface area contributed by atoms with Gasteiger partial charge in [-0.15, -0.1) is 0 Å². The highest BCUT2D eigenvalue weighted by Crippen LogP contribution is 2.49. The lowest BCUT2D eigenvalue weighted by atomic mass is 10.1. The smallest absolute Gasteiger partial charge is 0.251 e. The number of hydrogen-bond donors (Lipinski definition) is 6. The van der Waals surface area contributed by atoms with Crippen LogP contribution in [0.2, 0.25) is 0 Å². The highest BCUT2D eigenvalue weighted by molar-refractivity contribution is 8.24. The van der Waals surface area contributed by atoms with Gasteiger partial charge in [0.1, 0.15) is 17.7 Å². The predicted octanol–water partition coefficient (Wildman–Crippen LogP) is 1.67. The van der Waals surface area contributed by atoms with Gasteiger partial charge in [-0.2, -0.15) is 4.72 Å². The molecule has 1 fully saturated rings. The topological polar surface area (TPSA) is 125 Å². The minimum Gasteiger partial charge on any atom is -0.506 e. The first-order chi connectivity index (χ1) is 12.4. The molecule has 2 aromatic rings. The number of amides is 1. The maximum Gasteiger partial charge on any atom is 0.251 e. The number of aliphatic hydroxyl groups is 1. The summed E-state index contributed by atoms with van der Waals surface area (Å²) in [6, 6.07) is 13.7. The van der Waals surface area contributed by atoms with E-state index in [4.69, 9.17) is 0 Å². The quantitative estimate of drug-likeness (QED) is 0.467. The Labute approximate surface area is 152 Å². The monoisotopic (exact) mass is 379 g/mol. The number of anilines is 1. The summed E-state index contributed by atoms with van der Waals surface area (Å²) in [5, 5.41) is 22.5. The maximum absolute atomic E-state index is 12.0.